The molecule has 0 bridgehead atoms. The van der Waals surface area contributed by atoms with Gasteiger partial charge >= 0.3 is 0 Å². The Morgan fingerprint density at radius 2 is 2.22 bits per heavy atom. The van der Waals surface area contributed by atoms with Gasteiger partial charge in [-0.25, -0.2) is 0 Å². The summed E-state index contributed by atoms with van der Waals surface area (Å²) in [4.78, 5) is 13.7. The monoisotopic (exact) mass is 256 g/mol. The lowest BCUT2D eigenvalue weighted by Crippen LogP contribution is -2.50. The minimum Gasteiger partial charge on any atom is -0.388 e. The Labute approximate surface area is 108 Å². The van der Waals surface area contributed by atoms with E-state index in [-0.39, 0.29) is 18.6 Å². The van der Waals surface area contributed by atoms with Crippen LogP contribution in [-0.2, 0) is 9.53 Å². The standard InChI is InChI=1S/C13H24N2O3/c1-13(17)5-2-8-15(10-13)12(16)9-18-11-3-6-14-7-4-11/h11,14,17H,2-10H2,1H3. The summed E-state index contributed by atoms with van der Waals surface area (Å²) in [7, 11) is 0. The average molecular weight is 256 g/mol. The third kappa shape index (κ3) is 3.93. The molecule has 0 aromatic rings. The molecule has 2 N–H and O–H groups in total. The SMILES string of the molecule is CC1(O)CCCN(C(=O)COC2CCNCC2)C1. The lowest BCUT2D eigenvalue weighted by Gasteiger charge is -2.37. The third-order valence-corrected chi connectivity index (χ3v) is 3.76. The zero-order valence-electron chi connectivity index (χ0n) is 11.2. The van der Waals surface area contributed by atoms with E-state index in [1.807, 2.05) is 0 Å². The van der Waals surface area contributed by atoms with Crippen molar-refractivity contribution in [1.82, 2.24) is 10.2 Å². The van der Waals surface area contributed by atoms with Crippen molar-refractivity contribution >= 4 is 5.91 Å². The number of ether oxygens (including phenoxy) is 1. The predicted molar refractivity (Wildman–Crippen MR) is 68.3 cm³/mol. The van der Waals surface area contributed by atoms with Crippen LogP contribution in [0, 0.1) is 0 Å². The van der Waals surface area contributed by atoms with Crippen molar-refractivity contribution in [2.45, 2.75) is 44.3 Å². The van der Waals surface area contributed by atoms with Crippen LogP contribution < -0.4 is 5.32 Å². The Bertz CT molecular complexity index is 288. The van der Waals surface area contributed by atoms with Gasteiger partial charge in [0.15, 0.2) is 0 Å². The molecule has 0 radical (unpaired) electrons. The molecule has 2 fully saturated rings. The molecule has 2 heterocycles. The fourth-order valence-corrected chi connectivity index (χ4v) is 2.68. The Morgan fingerprint density at radius 3 is 2.89 bits per heavy atom. The van der Waals surface area contributed by atoms with Crippen LogP contribution >= 0.6 is 0 Å². The smallest absolute Gasteiger partial charge is 0.248 e. The first-order valence-corrected chi connectivity index (χ1v) is 6.89. The van der Waals surface area contributed by atoms with Crippen molar-refractivity contribution in [2.24, 2.45) is 0 Å². The molecule has 0 aromatic heterocycles. The maximum absolute atomic E-state index is 12.0. The Balaban J connectivity index is 1.73. The molecule has 1 atom stereocenters. The van der Waals surface area contributed by atoms with Crippen LogP contribution in [0.2, 0.25) is 0 Å². The van der Waals surface area contributed by atoms with Crippen LogP contribution in [0.15, 0.2) is 0 Å². The van der Waals surface area contributed by atoms with Gasteiger partial charge in [0, 0.05) is 13.1 Å². The van der Waals surface area contributed by atoms with E-state index in [0.717, 1.165) is 45.3 Å². The minimum atomic E-state index is -0.733. The maximum Gasteiger partial charge on any atom is 0.248 e. The Hall–Kier alpha value is -0.650. The van der Waals surface area contributed by atoms with Crippen molar-refractivity contribution < 1.29 is 14.6 Å². The summed E-state index contributed by atoms with van der Waals surface area (Å²) in [6.07, 6.45) is 3.80. The molecule has 0 spiro atoms. The van der Waals surface area contributed by atoms with Crippen molar-refractivity contribution in [1.29, 1.82) is 0 Å². The summed E-state index contributed by atoms with van der Waals surface area (Å²) in [6.45, 7) is 5.06. The fourth-order valence-electron chi connectivity index (χ4n) is 2.68. The molecule has 0 saturated carbocycles. The van der Waals surface area contributed by atoms with Gasteiger partial charge in [-0.3, -0.25) is 4.79 Å². The van der Waals surface area contributed by atoms with Crippen LogP contribution in [0.5, 0.6) is 0 Å². The zero-order valence-corrected chi connectivity index (χ0v) is 11.2. The molecular weight excluding hydrogens is 232 g/mol. The summed E-state index contributed by atoms with van der Waals surface area (Å²) in [5.74, 6) is 0.00788. The number of carbonyl (C=O) groups excluding carboxylic acids is 1. The topological polar surface area (TPSA) is 61.8 Å². The van der Waals surface area contributed by atoms with Crippen LogP contribution in [0.4, 0.5) is 0 Å². The molecule has 0 aliphatic carbocycles. The molecule has 2 saturated heterocycles. The Morgan fingerprint density at radius 1 is 1.50 bits per heavy atom. The number of aliphatic hydroxyl groups is 1. The van der Waals surface area contributed by atoms with Gasteiger partial charge in [0.2, 0.25) is 5.91 Å². The van der Waals surface area contributed by atoms with Gasteiger partial charge in [0.05, 0.1) is 11.7 Å². The van der Waals surface area contributed by atoms with E-state index >= 15 is 0 Å². The maximum atomic E-state index is 12.0. The highest BCUT2D eigenvalue weighted by Crippen LogP contribution is 2.20. The van der Waals surface area contributed by atoms with E-state index in [4.69, 9.17) is 4.74 Å². The molecule has 5 nitrogen and oxygen atoms in total. The summed E-state index contributed by atoms with van der Waals surface area (Å²) in [6, 6.07) is 0. The number of nitrogens with one attached hydrogen (secondary N) is 1. The van der Waals surface area contributed by atoms with E-state index < -0.39 is 5.60 Å². The fraction of sp³-hybridized carbons (Fsp3) is 0.923. The molecule has 104 valence electrons. The van der Waals surface area contributed by atoms with Gasteiger partial charge in [0.25, 0.3) is 0 Å². The second-order valence-electron chi connectivity index (χ2n) is 5.68. The number of nitrogens with zero attached hydrogens (tertiary/aromatic N) is 1. The molecule has 2 aliphatic rings. The number of likely N-dealkylation sites (tertiary alicyclic amines) is 1. The van der Waals surface area contributed by atoms with Gasteiger partial charge < -0.3 is 20.1 Å². The van der Waals surface area contributed by atoms with Crippen LogP contribution in [0.25, 0.3) is 0 Å². The van der Waals surface area contributed by atoms with E-state index in [1.54, 1.807) is 11.8 Å². The van der Waals surface area contributed by atoms with Crippen LogP contribution in [0.3, 0.4) is 0 Å². The van der Waals surface area contributed by atoms with Crippen LogP contribution in [0.1, 0.15) is 32.6 Å². The summed E-state index contributed by atoms with van der Waals surface area (Å²) in [5, 5.41) is 13.2. The summed E-state index contributed by atoms with van der Waals surface area (Å²) in [5.41, 5.74) is -0.733. The molecular formula is C13H24N2O3. The number of hydrogen-bond donors (Lipinski definition) is 2. The van der Waals surface area contributed by atoms with Crippen molar-refractivity contribution in [2.75, 3.05) is 32.8 Å². The summed E-state index contributed by atoms with van der Waals surface area (Å²) < 4.78 is 5.65. The van der Waals surface area contributed by atoms with Gasteiger partial charge in [-0.1, -0.05) is 0 Å². The number of carbonyl (C=O) groups is 1. The van der Waals surface area contributed by atoms with Crippen molar-refractivity contribution in [3.63, 3.8) is 0 Å². The normalized spacial score (nSPS) is 30.4. The number of hydrogen-bond acceptors (Lipinski definition) is 4. The quantitative estimate of drug-likeness (QED) is 0.753. The number of piperidine rings is 2. The predicted octanol–water partition coefficient (Wildman–Crippen LogP) is 0.128. The number of amides is 1. The molecule has 0 aromatic carbocycles. The van der Waals surface area contributed by atoms with Gasteiger partial charge in [-0.05, 0) is 45.7 Å². The second kappa shape index (κ2) is 5.99. The second-order valence-corrected chi connectivity index (χ2v) is 5.68. The first-order valence-electron chi connectivity index (χ1n) is 6.89. The summed E-state index contributed by atoms with van der Waals surface area (Å²) >= 11 is 0. The van der Waals surface area contributed by atoms with Crippen molar-refractivity contribution in [3.05, 3.63) is 0 Å². The molecule has 5 heteroatoms. The zero-order chi connectivity index (χ0) is 13.0. The van der Waals surface area contributed by atoms with E-state index in [2.05, 4.69) is 5.32 Å². The van der Waals surface area contributed by atoms with Crippen LogP contribution in [-0.4, -0.2) is 60.4 Å². The average Bonchev–Trinajstić information content (AvgIpc) is 2.36. The molecule has 18 heavy (non-hydrogen) atoms. The number of rotatable bonds is 3. The van der Waals surface area contributed by atoms with Gasteiger partial charge in [-0.15, -0.1) is 0 Å². The van der Waals surface area contributed by atoms with Gasteiger partial charge in [0.1, 0.15) is 6.61 Å². The highest BCUT2D eigenvalue weighted by molar-refractivity contribution is 5.77. The lowest BCUT2D eigenvalue weighted by atomic mass is 9.95. The third-order valence-electron chi connectivity index (χ3n) is 3.76. The molecule has 1 amide bonds. The first-order chi connectivity index (χ1) is 8.57. The first kappa shape index (κ1) is 13.8. The highest BCUT2D eigenvalue weighted by Gasteiger charge is 2.31. The van der Waals surface area contributed by atoms with Crippen molar-refractivity contribution in [3.8, 4) is 0 Å². The number of β-amino-alcohol motifs (C(OH)–C–C–N with tert-alkyl or cyclic N) is 1. The molecule has 1 unspecified atom stereocenters. The molecule has 2 aliphatic heterocycles. The Kier molecular flexibility index (Phi) is 4.59. The highest BCUT2D eigenvalue weighted by atomic mass is 16.5. The van der Waals surface area contributed by atoms with E-state index in [1.165, 1.54) is 0 Å². The van der Waals surface area contributed by atoms with E-state index in [0.29, 0.717) is 6.54 Å². The van der Waals surface area contributed by atoms with Gasteiger partial charge in [-0.2, -0.15) is 0 Å². The lowest BCUT2D eigenvalue weighted by molar-refractivity contribution is -0.144. The minimum absolute atomic E-state index is 0.00788. The molecule has 2 rings (SSSR count). The van der Waals surface area contributed by atoms with E-state index in [9.17, 15) is 9.90 Å². The largest absolute Gasteiger partial charge is 0.388 e.